The van der Waals surface area contributed by atoms with E-state index in [1.807, 2.05) is 12.4 Å². The summed E-state index contributed by atoms with van der Waals surface area (Å²) in [6.07, 6.45) is 7.54. The molecule has 3 nitrogen and oxygen atoms in total. The van der Waals surface area contributed by atoms with Gasteiger partial charge >= 0.3 is 0 Å². The molecule has 2 rings (SSSR count). The molecule has 1 aliphatic heterocycles. The Morgan fingerprint density at radius 2 is 2.17 bits per heavy atom. The molecule has 1 aliphatic rings. The number of ether oxygens (including phenoxy) is 1. The molecule has 3 unspecified atom stereocenters. The lowest BCUT2D eigenvalue weighted by atomic mass is 9.87. The van der Waals surface area contributed by atoms with Crippen molar-refractivity contribution in [2.45, 2.75) is 45.3 Å². The van der Waals surface area contributed by atoms with Gasteiger partial charge in [-0.2, -0.15) is 0 Å². The molecule has 18 heavy (non-hydrogen) atoms. The predicted molar refractivity (Wildman–Crippen MR) is 73.5 cm³/mol. The van der Waals surface area contributed by atoms with Crippen LogP contribution in [0.3, 0.4) is 0 Å². The average Bonchev–Trinajstić information content (AvgIpc) is 2.87. The van der Waals surface area contributed by atoms with Crippen LogP contribution in [-0.4, -0.2) is 30.3 Å². The number of aromatic nitrogens is 1. The molecule has 1 N–H and O–H groups in total. The second-order valence-electron chi connectivity index (χ2n) is 4.99. The molecule has 2 heterocycles. The molecule has 3 atom stereocenters. The third kappa shape index (κ3) is 3.30. The fourth-order valence-electron chi connectivity index (χ4n) is 2.96. The van der Waals surface area contributed by atoms with Gasteiger partial charge in [-0.25, -0.2) is 0 Å². The number of likely N-dealkylation sites (N-methyl/N-ethyl adjacent to an activating group) is 1. The molecule has 1 aromatic rings. The number of hydrogen-bond donors (Lipinski definition) is 1. The monoisotopic (exact) mass is 248 g/mol. The number of nitrogens with one attached hydrogen (secondary N) is 1. The summed E-state index contributed by atoms with van der Waals surface area (Å²) in [5.41, 5.74) is 1.36. The third-order valence-corrected chi connectivity index (χ3v) is 3.85. The van der Waals surface area contributed by atoms with Crippen LogP contribution in [0.25, 0.3) is 0 Å². The minimum atomic E-state index is 0.427. The molecule has 1 saturated heterocycles. The molecule has 0 saturated carbocycles. The van der Waals surface area contributed by atoms with E-state index in [1.54, 1.807) is 0 Å². The first kappa shape index (κ1) is 13.5. The second-order valence-corrected chi connectivity index (χ2v) is 4.99. The van der Waals surface area contributed by atoms with Crippen LogP contribution >= 0.6 is 0 Å². The lowest BCUT2D eigenvalue weighted by molar-refractivity contribution is 0.0776. The molecule has 100 valence electrons. The summed E-state index contributed by atoms with van der Waals surface area (Å²) in [5, 5.41) is 3.64. The van der Waals surface area contributed by atoms with Gasteiger partial charge in [-0.05, 0) is 43.5 Å². The molecule has 1 fully saturated rings. The Labute approximate surface area is 110 Å². The van der Waals surface area contributed by atoms with E-state index in [2.05, 4.69) is 36.3 Å². The number of hydrogen-bond acceptors (Lipinski definition) is 3. The lowest BCUT2D eigenvalue weighted by Gasteiger charge is -2.28. The molecule has 3 heteroatoms. The van der Waals surface area contributed by atoms with Gasteiger partial charge < -0.3 is 10.1 Å². The van der Waals surface area contributed by atoms with Gasteiger partial charge in [-0.1, -0.05) is 13.8 Å². The largest absolute Gasteiger partial charge is 0.378 e. The van der Waals surface area contributed by atoms with E-state index in [9.17, 15) is 0 Å². The standard InChI is InChI=1S/C15H24N2O/c1-3-15-13(7-10-18-15)14(17-4-2)11-12-5-8-16-9-6-12/h5-6,8-9,13-15,17H,3-4,7,10-11H2,1-2H3. The summed E-state index contributed by atoms with van der Waals surface area (Å²) in [5.74, 6) is 0.642. The highest BCUT2D eigenvalue weighted by molar-refractivity contribution is 5.12. The first-order chi connectivity index (χ1) is 8.85. The summed E-state index contributed by atoms with van der Waals surface area (Å²) in [6.45, 7) is 6.33. The fraction of sp³-hybridized carbons (Fsp3) is 0.667. The molecule has 0 radical (unpaired) electrons. The van der Waals surface area contributed by atoms with E-state index in [0.29, 0.717) is 18.1 Å². The predicted octanol–water partition coefficient (Wildman–Crippen LogP) is 2.42. The van der Waals surface area contributed by atoms with Gasteiger partial charge in [0.25, 0.3) is 0 Å². The first-order valence-corrected chi connectivity index (χ1v) is 7.09. The molecule has 0 aliphatic carbocycles. The van der Waals surface area contributed by atoms with Crippen LogP contribution in [0.15, 0.2) is 24.5 Å². The maximum absolute atomic E-state index is 5.83. The van der Waals surface area contributed by atoms with E-state index in [-0.39, 0.29) is 0 Å². The van der Waals surface area contributed by atoms with Crippen LogP contribution in [0.1, 0.15) is 32.3 Å². The number of nitrogens with zero attached hydrogens (tertiary/aromatic N) is 1. The smallest absolute Gasteiger partial charge is 0.0616 e. The molecular formula is C15H24N2O. The summed E-state index contributed by atoms with van der Waals surface area (Å²) in [6, 6.07) is 4.74. The second kappa shape index (κ2) is 6.86. The Hall–Kier alpha value is -0.930. The van der Waals surface area contributed by atoms with Crippen LogP contribution in [0.5, 0.6) is 0 Å². The van der Waals surface area contributed by atoms with Crippen LogP contribution < -0.4 is 5.32 Å². The Morgan fingerprint density at radius 1 is 1.39 bits per heavy atom. The molecule has 1 aromatic heterocycles. The zero-order valence-corrected chi connectivity index (χ0v) is 11.4. The molecule has 0 aromatic carbocycles. The van der Waals surface area contributed by atoms with E-state index >= 15 is 0 Å². The van der Waals surface area contributed by atoms with E-state index < -0.39 is 0 Å². The van der Waals surface area contributed by atoms with Crippen molar-refractivity contribution in [3.63, 3.8) is 0 Å². The zero-order valence-electron chi connectivity index (χ0n) is 11.4. The van der Waals surface area contributed by atoms with Crippen molar-refractivity contribution in [3.05, 3.63) is 30.1 Å². The van der Waals surface area contributed by atoms with Crippen LogP contribution in [0.4, 0.5) is 0 Å². The molecule has 0 spiro atoms. The molecule has 0 bridgehead atoms. The summed E-state index contributed by atoms with van der Waals surface area (Å²) in [7, 11) is 0. The Kier molecular flexibility index (Phi) is 5.14. The molecular weight excluding hydrogens is 224 g/mol. The van der Waals surface area contributed by atoms with Gasteiger partial charge in [0.2, 0.25) is 0 Å². The van der Waals surface area contributed by atoms with E-state index in [0.717, 1.165) is 26.0 Å². The van der Waals surface area contributed by atoms with Crippen LogP contribution in [0, 0.1) is 5.92 Å². The van der Waals surface area contributed by atoms with Crippen molar-refractivity contribution in [2.24, 2.45) is 5.92 Å². The minimum absolute atomic E-state index is 0.427. The van der Waals surface area contributed by atoms with Crippen molar-refractivity contribution >= 4 is 0 Å². The average molecular weight is 248 g/mol. The van der Waals surface area contributed by atoms with Crippen molar-refractivity contribution < 1.29 is 4.74 Å². The minimum Gasteiger partial charge on any atom is -0.378 e. The maximum Gasteiger partial charge on any atom is 0.0616 e. The van der Waals surface area contributed by atoms with Crippen LogP contribution in [0.2, 0.25) is 0 Å². The Balaban J connectivity index is 2.03. The van der Waals surface area contributed by atoms with Gasteiger partial charge in [0, 0.05) is 31.0 Å². The van der Waals surface area contributed by atoms with E-state index in [4.69, 9.17) is 4.74 Å². The highest BCUT2D eigenvalue weighted by atomic mass is 16.5. The number of pyridine rings is 1. The third-order valence-electron chi connectivity index (χ3n) is 3.85. The van der Waals surface area contributed by atoms with Crippen molar-refractivity contribution in [2.75, 3.05) is 13.2 Å². The summed E-state index contributed by atoms with van der Waals surface area (Å²) < 4.78 is 5.83. The highest BCUT2D eigenvalue weighted by Crippen LogP contribution is 2.28. The Bertz CT molecular complexity index is 342. The lowest BCUT2D eigenvalue weighted by Crippen LogP contribution is -2.41. The quantitative estimate of drug-likeness (QED) is 0.839. The van der Waals surface area contributed by atoms with Gasteiger partial charge in [0.1, 0.15) is 0 Å². The first-order valence-electron chi connectivity index (χ1n) is 7.09. The van der Waals surface area contributed by atoms with Gasteiger partial charge in [0.05, 0.1) is 6.10 Å². The fourth-order valence-corrected chi connectivity index (χ4v) is 2.96. The van der Waals surface area contributed by atoms with E-state index in [1.165, 1.54) is 12.0 Å². The number of rotatable bonds is 6. The van der Waals surface area contributed by atoms with Gasteiger partial charge in [-0.15, -0.1) is 0 Å². The van der Waals surface area contributed by atoms with Gasteiger partial charge in [-0.3, -0.25) is 4.98 Å². The normalized spacial score (nSPS) is 25.2. The highest BCUT2D eigenvalue weighted by Gasteiger charge is 2.33. The molecule has 0 amide bonds. The van der Waals surface area contributed by atoms with Crippen molar-refractivity contribution in [3.8, 4) is 0 Å². The maximum atomic E-state index is 5.83. The van der Waals surface area contributed by atoms with Crippen molar-refractivity contribution in [1.82, 2.24) is 10.3 Å². The summed E-state index contributed by atoms with van der Waals surface area (Å²) in [4.78, 5) is 4.08. The Morgan fingerprint density at radius 3 is 2.83 bits per heavy atom. The van der Waals surface area contributed by atoms with Crippen LogP contribution in [-0.2, 0) is 11.2 Å². The summed E-state index contributed by atoms with van der Waals surface area (Å²) >= 11 is 0. The van der Waals surface area contributed by atoms with Gasteiger partial charge in [0.15, 0.2) is 0 Å². The van der Waals surface area contributed by atoms with Crippen molar-refractivity contribution in [1.29, 1.82) is 0 Å². The SMILES string of the molecule is CCNC(Cc1ccncc1)C1CCOC1CC. The topological polar surface area (TPSA) is 34.2 Å². The zero-order chi connectivity index (χ0) is 12.8.